The molecule has 0 amide bonds. The van der Waals surface area contributed by atoms with Gasteiger partial charge in [-0.1, -0.05) is 65.0 Å². The van der Waals surface area contributed by atoms with Crippen LogP contribution in [0.3, 0.4) is 0 Å². The Bertz CT molecular complexity index is 1280. The van der Waals surface area contributed by atoms with E-state index >= 15 is 0 Å². The molecule has 0 aliphatic heterocycles. The number of nitrogens with one attached hydrogen (secondary N) is 1. The second-order valence-corrected chi connectivity index (χ2v) is 6.93. The molecule has 0 aliphatic carbocycles. The van der Waals surface area contributed by atoms with Crippen LogP contribution in [0.15, 0.2) is 95.7 Å². The number of hydrogen-bond donors (Lipinski definition) is 1. The molecule has 0 saturated heterocycles. The smallest absolute Gasteiger partial charge is 0.169 e. The Morgan fingerprint density at radius 3 is 2.32 bits per heavy atom. The summed E-state index contributed by atoms with van der Waals surface area (Å²) < 4.78 is 21.2. The highest BCUT2D eigenvalue weighted by Gasteiger charge is 2.19. The molecule has 31 heavy (non-hydrogen) atoms. The van der Waals surface area contributed by atoms with Crippen LogP contribution in [0.25, 0.3) is 28.1 Å². The monoisotopic (exact) mass is 411 g/mol. The fraction of sp³-hybridized carbons (Fsp3) is 0.0417. The number of aromatic nitrogens is 4. The van der Waals surface area contributed by atoms with Crippen LogP contribution < -0.4 is 5.32 Å². The van der Waals surface area contributed by atoms with Crippen molar-refractivity contribution in [1.82, 2.24) is 20.2 Å². The van der Waals surface area contributed by atoms with E-state index < -0.39 is 0 Å². The molecule has 0 saturated carbocycles. The van der Waals surface area contributed by atoms with Crippen LogP contribution in [0.4, 0.5) is 10.2 Å². The lowest BCUT2D eigenvalue weighted by atomic mass is 10.1. The minimum Gasteiger partial charge on any atom is -0.363 e. The van der Waals surface area contributed by atoms with Crippen molar-refractivity contribution in [2.75, 3.05) is 5.32 Å². The Kier molecular flexibility index (Phi) is 4.98. The Morgan fingerprint density at radius 1 is 0.839 bits per heavy atom. The van der Waals surface area contributed by atoms with Crippen molar-refractivity contribution in [1.29, 1.82) is 0 Å². The third-order valence-corrected chi connectivity index (χ3v) is 4.96. The molecular weight excluding hydrogens is 393 g/mol. The van der Waals surface area contributed by atoms with Gasteiger partial charge >= 0.3 is 0 Å². The number of hydrogen-bond acceptors (Lipinski definition) is 5. The molecule has 1 N–H and O–H groups in total. The summed E-state index contributed by atoms with van der Waals surface area (Å²) in [6, 6.07) is 26.4. The highest BCUT2D eigenvalue weighted by Crippen LogP contribution is 2.29. The van der Waals surface area contributed by atoms with Gasteiger partial charge in [-0.25, -0.2) is 9.07 Å². The number of anilines is 1. The quantitative estimate of drug-likeness (QED) is 0.408. The first-order valence-corrected chi connectivity index (χ1v) is 9.79. The van der Waals surface area contributed by atoms with E-state index in [4.69, 9.17) is 4.52 Å². The van der Waals surface area contributed by atoms with Crippen LogP contribution in [0.5, 0.6) is 0 Å². The van der Waals surface area contributed by atoms with Crippen LogP contribution >= 0.6 is 0 Å². The van der Waals surface area contributed by atoms with E-state index in [2.05, 4.69) is 32.9 Å². The van der Waals surface area contributed by atoms with E-state index in [0.717, 1.165) is 16.8 Å². The van der Waals surface area contributed by atoms with E-state index in [1.807, 2.05) is 42.5 Å². The number of nitrogens with zero attached hydrogens (tertiary/aromatic N) is 4. The van der Waals surface area contributed by atoms with Gasteiger partial charge in [0, 0.05) is 11.6 Å². The molecule has 0 atom stereocenters. The number of halogens is 1. The molecule has 7 heteroatoms. The van der Waals surface area contributed by atoms with Gasteiger partial charge in [0.2, 0.25) is 0 Å². The predicted molar refractivity (Wildman–Crippen MR) is 116 cm³/mol. The van der Waals surface area contributed by atoms with Crippen molar-refractivity contribution < 1.29 is 8.91 Å². The zero-order valence-electron chi connectivity index (χ0n) is 16.4. The predicted octanol–water partition coefficient (Wildman–Crippen LogP) is 5.34. The van der Waals surface area contributed by atoms with Crippen LogP contribution in [0.2, 0.25) is 0 Å². The zero-order valence-corrected chi connectivity index (χ0v) is 16.4. The summed E-state index contributed by atoms with van der Waals surface area (Å²) in [5, 5.41) is 15.6. The average molecular weight is 411 g/mol. The lowest BCUT2D eigenvalue weighted by Crippen LogP contribution is -2.04. The Balaban J connectivity index is 1.54. The molecule has 152 valence electrons. The molecule has 0 unspecified atom stereocenters. The first kappa shape index (κ1) is 18.7. The first-order valence-electron chi connectivity index (χ1n) is 9.79. The molecule has 0 aliphatic rings. The molecule has 6 nitrogen and oxygen atoms in total. The van der Waals surface area contributed by atoms with Gasteiger partial charge in [-0.15, -0.1) is 5.10 Å². The SMILES string of the molecule is Fc1ccccc1-c1c(CNc2ccon2)nnn1-c1ccc(-c2ccccc2)cc1. The van der Waals surface area contributed by atoms with Gasteiger partial charge in [-0.3, -0.25) is 0 Å². The summed E-state index contributed by atoms with van der Waals surface area (Å²) in [7, 11) is 0. The van der Waals surface area contributed by atoms with Gasteiger partial charge in [-0.05, 0) is 35.4 Å². The molecule has 0 fully saturated rings. The summed E-state index contributed by atoms with van der Waals surface area (Å²) >= 11 is 0. The van der Waals surface area contributed by atoms with Gasteiger partial charge in [0.05, 0.1) is 12.2 Å². The maximum Gasteiger partial charge on any atom is 0.169 e. The summed E-state index contributed by atoms with van der Waals surface area (Å²) in [6.45, 7) is 0.318. The summed E-state index contributed by atoms with van der Waals surface area (Å²) in [6.07, 6.45) is 1.48. The molecule has 3 aromatic carbocycles. The number of benzene rings is 3. The fourth-order valence-electron chi connectivity index (χ4n) is 3.44. The van der Waals surface area contributed by atoms with Gasteiger partial charge in [0.15, 0.2) is 5.82 Å². The fourth-order valence-corrected chi connectivity index (χ4v) is 3.44. The molecule has 0 bridgehead atoms. The third-order valence-electron chi connectivity index (χ3n) is 4.96. The van der Waals surface area contributed by atoms with Crippen molar-refractivity contribution in [3.63, 3.8) is 0 Å². The molecule has 5 aromatic rings. The molecule has 5 rings (SSSR count). The van der Waals surface area contributed by atoms with Crippen molar-refractivity contribution >= 4 is 5.82 Å². The largest absolute Gasteiger partial charge is 0.363 e. The maximum atomic E-state index is 14.7. The standard InChI is InChI=1S/C24H18FN5O/c25-21-9-5-4-8-20(21)24-22(16-26-23-14-15-31-28-23)27-29-30(24)19-12-10-18(11-13-19)17-6-2-1-3-7-17/h1-15H,16H2,(H,26,28). The van der Waals surface area contributed by atoms with E-state index in [0.29, 0.717) is 29.3 Å². The summed E-state index contributed by atoms with van der Waals surface area (Å²) in [5.74, 6) is 0.232. The molecular formula is C24H18FN5O. The van der Waals surface area contributed by atoms with E-state index in [1.165, 1.54) is 12.3 Å². The summed E-state index contributed by atoms with van der Waals surface area (Å²) in [5.41, 5.74) is 4.61. The van der Waals surface area contributed by atoms with Crippen LogP contribution in [0, 0.1) is 5.82 Å². The van der Waals surface area contributed by atoms with Crippen molar-refractivity contribution in [3.8, 4) is 28.1 Å². The normalized spacial score (nSPS) is 10.9. The van der Waals surface area contributed by atoms with Crippen molar-refractivity contribution in [3.05, 3.63) is 103 Å². The minimum atomic E-state index is -0.338. The van der Waals surface area contributed by atoms with Crippen LogP contribution in [0.1, 0.15) is 5.69 Å². The van der Waals surface area contributed by atoms with E-state index in [9.17, 15) is 4.39 Å². The van der Waals surface area contributed by atoms with Crippen LogP contribution in [-0.4, -0.2) is 20.2 Å². The highest BCUT2D eigenvalue weighted by molar-refractivity contribution is 5.68. The van der Waals surface area contributed by atoms with Crippen molar-refractivity contribution in [2.24, 2.45) is 0 Å². The summed E-state index contributed by atoms with van der Waals surface area (Å²) in [4.78, 5) is 0. The second kappa shape index (κ2) is 8.23. The lowest BCUT2D eigenvalue weighted by Gasteiger charge is -2.10. The molecule has 2 heterocycles. The third kappa shape index (κ3) is 3.81. The van der Waals surface area contributed by atoms with Gasteiger partial charge in [-0.2, -0.15) is 0 Å². The van der Waals surface area contributed by atoms with Gasteiger partial charge in [0.25, 0.3) is 0 Å². The van der Waals surface area contributed by atoms with Crippen LogP contribution in [-0.2, 0) is 6.54 Å². The highest BCUT2D eigenvalue weighted by atomic mass is 19.1. The van der Waals surface area contributed by atoms with Gasteiger partial charge in [0.1, 0.15) is 23.5 Å². The molecule has 2 aromatic heterocycles. The Labute approximate surface area is 178 Å². The van der Waals surface area contributed by atoms with Gasteiger partial charge < -0.3 is 9.84 Å². The Hall–Kier alpha value is -4.26. The maximum absolute atomic E-state index is 14.7. The number of rotatable bonds is 6. The molecule has 0 spiro atoms. The van der Waals surface area contributed by atoms with E-state index in [1.54, 1.807) is 28.9 Å². The van der Waals surface area contributed by atoms with E-state index in [-0.39, 0.29) is 5.82 Å². The average Bonchev–Trinajstić information content (AvgIpc) is 3.49. The second-order valence-electron chi connectivity index (χ2n) is 6.93. The first-order chi connectivity index (χ1) is 15.3. The topological polar surface area (TPSA) is 68.8 Å². The Morgan fingerprint density at radius 2 is 1.58 bits per heavy atom. The minimum absolute atomic E-state index is 0.318. The lowest BCUT2D eigenvalue weighted by molar-refractivity contribution is 0.422. The van der Waals surface area contributed by atoms with Crippen molar-refractivity contribution in [2.45, 2.75) is 6.54 Å². The molecule has 0 radical (unpaired) electrons. The zero-order chi connectivity index (χ0) is 21.0.